The average molecular weight is 449 g/mol. The van der Waals surface area contributed by atoms with Gasteiger partial charge in [-0.1, -0.05) is 55.7 Å². The summed E-state index contributed by atoms with van der Waals surface area (Å²) in [5.74, 6) is 0.456. The molecule has 174 valence electrons. The highest BCUT2D eigenvalue weighted by Gasteiger charge is 2.54. The summed E-state index contributed by atoms with van der Waals surface area (Å²) in [6.07, 6.45) is 7.33. The molecule has 0 aromatic heterocycles. The van der Waals surface area contributed by atoms with E-state index in [1.165, 1.54) is 37.0 Å². The topological polar surface area (TPSA) is 47.9 Å². The summed E-state index contributed by atoms with van der Waals surface area (Å²) in [7, 11) is 0. The first-order chi connectivity index (χ1) is 16.0. The molecule has 2 aromatic rings. The van der Waals surface area contributed by atoms with E-state index in [0.717, 1.165) is 44.6 Å². The lowest BCUT2D eigenvalue weighted by Gasteiger charge is -2.47. The fourth-order valence-corrected chi connectivity index (χ4v) is 5.84. The second-order valence-electron chi connectivity index (χ2n) is 9.81. The van der Waals surface area contributed by atoms with Gasteiger partial charge in [-0.05, 0) is 56.4 Å². The van der Waals surface area contributed by atoms with Crippen molar-refractivity contribution < 1.29 is 9.18 Å². The Kier molecular flexibility index (Phi) is 6.19. The molecule has 2 atom stereocenters. The standard InChI is InChI=1S/C27H33FN4O/c1-20-18-27(15-16-31(20)19-21-9-4-2-5-10-21)25(29-23-12-6-3-7-13-23)30-26(33)32(27)24-14-8-11-22(28)17-24/h2,4-5,8-11,14,17,20,23H,3,6-7,12-13,15-16,18-19H2,1H3,(H,29,30,33)/t20-,27+/m1/s1. The second-order valence-corrected chi connectivity index (χ2v) is 9.81. The van der Waals surface area contributed by atoms with E-state index in [-0.39, 0.29) is 23.9 Å². The number of carbonyl (C=O) groups excluding carboxylic acids is 1. The van der Waals surface area contributed by atoms with E-state index in [4.69, 9.17) is 4.99 Å². The molecule has 1 spiro atoms. The Labute approximate surface area is 195 Å². The first-order valence-electron chi connectivity index (χ1n) is 12.3. The zero-order valence-corrected chi connectivity index (χ0v) is 19.3. The van der Waals surface area contributed by atoms with Crippen molar-refractivity contribution in [3.8, 4) is 0 Å². The minimum absolute atomic E-state index is 0.195. The Morgan fingerprint density at radius 3 is 2.61 bits per heavy atom. The van der Waals surface area contributed by atoms with E-state index in [0.29, 0.717) is 5.69 Å². The van der Waals surface area contributed by atoms with Crippen LogP contribution >= 0.6 is 0 Å². The monoisotopic (exact) mass is 448 g/mol. The summed E-state index contributed by atoms with van der Waals surface area (Å²) >= 11 is 0. The molecule has 5 nitrogen and oxygen atoms in total. The summed E-state index contributed by atoms with van der Waals surface area (Å²) in [6.45, 7) is 3.96. The van der Waals surface area contributed by atoms with Crippen LogP contribution in [0.15, 0.2) is 59.6 Å². The van der Waals surface area contributed by atoms with Crippen molar-refractivity contribution in [2.75, 3.05) is 11.4 Å². The summed E-state index contributed by atoms with van der Waals surface area (Å²) in [5.41, 5.74) is 1.33. The van der Waals surface area contributed by atoms with Crippen molar-refractivity contribution in [3.63, 3.8) is 0 Å². The molecule has 5 rings (SSSR count). The number of benzene rings is 2. The Morgan fingerprint density at radius 2 is 1.88 bits per heavy atom. The zero-order valence-electron chi connectivity index (χ0n) is 19.3. The molecule has 2 saturated heterocycles. The van der Waals surface area contributed by atoms with E-state index in [2.05, 4.69) is 41.4 Å². The molecule has 0 bridgehead atoms. The number of amides is 2. The van der Waals surface area contributed by atoms with Crippen LogP contribution in [-0.4, -0.2) is 40.9 Å². The van der Waals surface area contributed by atoms with E-state index in [1.54, 1.807) is 11.0 Å². The van der Waals surface area contributed by atoms with Crippen molar-refractivity contribution in [1.29, 1.82) is 0 Å². The van der Waals surface area contributed by atoms with Crippen LogP contribution < -0.4 is 10.2 Å². The van der Waals surface area contributed by atoms with Crippen LogP contribution in [0.1, 0.15) is 57.4 Å². The van der Waals surface area contributed by atoms with E-state index in [9.17, 15) is 9.18 Å². The fourth-order valence-electron chi connectivity index (χ4n) is 5.84. The number of anilines is 1. The lowest BCUT2D eigenvalue weighted by molar-refractivity contribution is 0.123. The van der Waals surface area contributed by atoms with Gasteiger partial charge in [0, 0.05) is 24.8 Å². The number of carbonyl (C=O) groups is 1. The summed E-state index contributed by atoms with van der Waals surface area (Å²) < 4.78 is 14.2. The molecule has 1 saturated carbocycles. The number of amidine groups is 1. The number of nitrogens with zero attached hydrogens (tertiary/aromatic N) is 3. The highest BCUT2D eigenvalue weighted by molar-refractivity contribution is 6.19. The number of piperidine rings is 1. The molecule has 2 amide bonds. The molecule has 2 aliphatic heterocycles. The van der Waals surface area contributed by atoms with Crippen molar-refractivity contribution in [1.82, 2.24) is 10.2 Å². The van der Waals surface area contributed by atoms with E-state index in [1.807, 2.05) is 12.1 Å². The van der Waals surface area contributed by atoms with Crippen molar-refractivity contribution >= 4 is 17.6 Å². The average Bonchev–Trinajstić information content (AvgIpc) is 3.07. The molecule has 2 heterocycles. The van der Waals surface area contributed by atoms with Gasteiger partial charge in [0.1, 0.15) is 17.2 Å². The van der Waals surface area contributed by atoms with Crippen LogP contribution in [-0.2, 0) is 6.54 Å². The van der Waals surface area contributed by atoms with Crippen LogP contribution in [0, 0.1) is 5.82 Å². The maximum Gasteiger partial charge on any atom is 0.328 e. The number of hydrogen-bond donors (Lipinski definition) is 1. The quantitative estimate of drug-likeness (QED) is 0.670. The van der Waals surface area contributed by atoms with Crippen molar-refractivity contribution in [2.45, 2.75) is 76.0 Å². The summed E-state index contributed by atoms with van der Waals surface area (Å²) in [6, 6.07) is 17.2. The first-order valence-corrected chi connectivity index (χ1v) is 12.3. The molecular formula is C27H33FN4O. The van der Waals surface area contributed by atoms with Gasteiger partial charge < -0.3 is 0 Å². The third kappa shape index (κ3) is 4.41. The van der Waals surface area contributed by atoms with Gasteiger partial charge in [0.15, 0.2) is 0 Å². The number of nitrogens with one attached hydrogen (secondary N) is 1. The predicted octanol–water partition coefficient (Wildman–Crippen LogP) is 5.51. The van der Waals surface area contributed by atoms with Gasteiger partial charge in [0.25, 0.3) is 0 Å². The van der Waals surface area contributed by atoms with Crippen LogP contribution in [0.2, 0.25) is 0 Å². The van der Waals surface area contributed by atoms with Gasteiger partial charge >= 0.3 is 6.03 Å². The smallest absolute Gasteiger partial charge is 0.296 e. The second kappa shape index (κ2) is 9.26. The third-order valence-electron chi connectivity index (χ3n) is 7.55. The highest BCUT2D eigenvalue weighted by atomic mass is 19.1. The van der Waals surface area contributed by atoms with Crippen LogP contribution in [0.25, 0.3) is 0 Å². The van der Waals surface area contributed by atoms with Gasteiger partial charge in [-0.2, -0.15) is 0 Å². The van der Waals surface area contributed by atoms with E-state index < -0.39 is 5.54 Å². The fraction of sp³-hybridized carbons (Fsp3) is 0.481. The minimum Gasteiger partial charge on any atom is -0.296 e. The lowest BCUT2D eigenvalue weighted by atomic mass is 9.81. The molecule has 1 N–H and O–H groups in total. The Hall–Kier alpha value is -2.73. The van der Waals surface area contributed by atoms with Crippen LogP contribution in [0.5, 0.6) is 0 Å². The number of aliphatic imine (C=N–C) groups is 1. The molecule has 6 heteroatoms. The molecule has 0 radical (unpaired) electrons. The highest BCUT2D eigenvalue weighted by Crippen LogP contribution is 2.41. The number of halogens is 1. The minimum atomic E-state index is -0.561. The van der Waals surface area contributed by atoms with Gasteiger partial charge in [-0.3, -0.25) is 20.1 Å². The normalized spacial score (nSPS) is 27.9. The molecule has 2 aromatic carbocycles. The van der Waals surface area contributed by atoms with Gasteiger partial charge in [0.2, 0.25) is 0 Å². The molecule has 3 fully saturated rings. The zero-order chi connectivity index (χ0) is 22.8. The summed E-state index contributed by atoms with van der Waals surface area (Å²) in [4.78, 5) is 22.7. The van der Waals surface area contributed by atoms with Gasteiger partial charge in [-0.15, -0.1) is 0 Å². The molecule has 3 aliphatic rings. The molecule has 1 aliphatic carbocycles. The maximum absolute atomic E-state index is 14.2. The molecule has 0 unspecified atom stereocenters. The predicted molar refractivity (Wildman–Crippen MR) is 130 cm³/mol. The Balaban J connectivity index is 1.48. The van der Waals surface area contributed by atoms with Crippen LogP contribution in [0.4, 0.5) is 14.9 Å². The third-order valence-corrected chi connectivity index (χ3v) is 7.55. The Morgan fingerprint density at radius 1 is 1.09 bits per heavy atom. The maximum atomic E-state index is 14.2. The van der Waals surface area contributed by atoms with Gasteiger partial charge in [-0.25, -0.2) is 9.18 Å². The first kappa shape index (κ1) is 22.1. The number of hydrogen-bond acceptors (Lipinski definition) is 3. The van der Waals surface area contributed by atoms with Crippen molar-refractivity contribution in [2.24, 2.45) is 4.99 Å². The van der Waals surface area contributed by atoms with Crippen LogP contribution in [0.3, 0.4) is 0 Å². The number of likely N-dealkylation sites (tertiary alicyclic amines) is 1. The van der Waals surface area contributed by atoms with Gasteiger partial charge in [0.05, 0.1) is 6.04 Å². The summed E-state index contributed by atoms with van der Waals surface area (Å²) in [5, 5.41) is 3.11. The number of rotatable bonds is 4. The van der Waals surface area contributed by atoms with Crippen molar-refractivity contribution in [3.05, 3.63) is 66.0 Å². The SMILES string of the molecule is C[C@@H]1C[C@@]2(CCN1Cc1ccccc1)C(=NC1CCCCC1)NC(=O)N2c1cccc(F)c1. The Bertz CT molecular complexity index is 1020. The molecular weight excluding hydrogens is 415 g/mol. The number of urea groups is 1. The largest absolute Gasteiger partial charge is 0.328 e. The molecule has 33 heavy (non-hydrogen) atoms. The van der Waals surface area contributed by atoms with E-state index >= 15 is 0 Å². The lowest BCUT2D eigenvalue weighted by Crippen LogP contribution is -2.59.